The first kappa shape index (κ1) is 17.2. The lowest BCUT2D eigenvalue weighted by Crippen LogP contribution is -2.44. The Kier molecular flexibility index (Phi) is 4.48. The highest BCUT2D eigenvalue weighted by Crippen LogP contribution is 2.43. The predicted octanol–water partition coefficient (Wildman–Crippen LogP) is 2.64. The van der Waals surface area contributed by atoms with Gasteiger partial charge in [-0.2, -0.15) is 0 Å². The molecule has 2 atom stereocenters. The van der Waals surface area contributed by atoms with E-state index in [0.29, 0.717) is 24.6 Å². The number of H-pyrrole nitrogens is 1. The van der Waals surface area contributed by atoms with Crippen LogP contribution in [0.4, 0.5) is 0 Å². The van der Waals surface area contributed by atoms with Crippen molar-refractivity contribution in [1.29, 1.82) is 0 Å². The van der Waals surface area contributed by atoms with Gasteiger partial charge in [0.2, 0.25) is 5.91 Å². The third kappa shape index (κ3) is 2.90. The maximum atomic E-state index is 12.4. The molecule has 7 heteroatoms. The molecule has 0 bridgehead atoms. The lowest BCUT2D eigenvalue weighted by molar-refractivity contribution is -0.133. The lowest BCUT2D eigenvalue weighted by atomic mass is 9.71. The van der Waals surface area contributed by atoms with E-state index in [4.69, 9.17) is 4.65 Å². The molecule has 1 amide bonds. The summed E-state index contributed by atoms with van der Waals surface area (Å²) in [6.45, 7) is 5.76. The van der Waals surface area contributed by atoms with Gasteiger partial charge in [0.15, 0.2) is 0 Å². The van der Waals surface area contributed by atoms with E-state index in [1.165, 1.54) is 0 Å². The number of rotatable bonds is 3. The molecule has 0 radical (unpaired) electrons. The summed E-state index contributed by atoms with van der Waals surface area (Å²) in [6.07, 6.45) is 5.95. The van der Waals surface area contributed by atoms with E-state index < -0.39 is 7.12 Å². The van der Waals surface area contributed by atoms with Gasteiger partial charge in [-0.15, -0.1) is 0 Å². The number of carbonyl (C=O) groups is 1. The number of pyridine rings is 1. The number of aromatic amines is 1. The van der Waals surface area contributed by atoms with E-state index >= 15 is 0 Å². The zero-order valence-electron chi connectivity index (χ0n) is 15.2. The summed E-state index contributed by atoms with van der Waals surface area (Å²) in [7, 11) is -0.982. The quantitative estimate of drug-likeness (QED) is 0.832. The summed E-state index contributed by atoms with van der Waals surface area (Å²) in [5.74, 6) is 3.21. The molecule has 0 saturated carbocycles. The molecule has 0 aliphatic carbocycles. The van der Waals surface area contributed by atoms with Gasteiger partial charge in [0.25, 0.3) is 0 Å². The Labute approximate surface area is 153 Å². The van der Waals surface area contributed by atoms with Crippen LogP contribution in [0.1, 0.15) is 38.7 Å². The van der Waals surface area contributed by atoms with Gasteiger partial charge in [0, 0.05) is 42.6 Å². The highest BCUT2D eigenvalue weighted by molar-refractivity contribution is 6.52. The van der Waals surface area contributed by atoms with Crippen molar-refractivity contribution in [2.45, 2.75) is 33.1 Å². The first-order valence-corrected chi connectivity index (χ1v) is 9.39. The fourth-order valence-electron chi connectivity index (χ4n) is 4.16. The monoisotopic (exact) mass is 353 g/mol. The van der Waals surface area contributed by atoms with Crippen LogP contribution in [0.3, 0.4) is 0 Å². The van der Waals surface area contributed by atoms with Crippen LogP contribution in [-0.2, 0) is 4.79 Å². The number of likely N-dealkylation sites (tertiary alicyclic amines) is 1. The maximum absolute atomic E-state index is 12.4. The van der Waals surface area contributed by atoms with E-state index in [1.807, 2.05) is 24.1 Å². The highest BCUT2D eigenvalue weighted by atomic mass is 16.5. The minimum Gasteiger partial charge on any atom is -0.531 e. The first-order chi connectivity index (χ1) is 12.6. The summed E-state index contributed by atoms with van der Waals surface area (Å²) < 4.78 is 5.60. The standard InChI is InChI=1S/C19H24BN3O3/c1-3-4-17(24)23-8-6-12(2)15(11-23)14-9-20(25)26-16-10-22-19-13(18(14)16)5-7-21-19/h5,7,9-10,12,15,25H,3-4,6,8,11H2,1-2H3,(H,21,22)/t12-,15?/m0/s1. The van der Waals surface area contributed by atoms with Crippen molar-refractivity contribution in [1.82, 2.24) is 14.9 Å². The summed E-state index contributed by atoms with van der Waals surface area (Å²) in [6, 6.07) is 1.99. The Bertz CT molecular complexity index is 863. The number of carbonyl (C=O) groups excluding carboxylic acids is 1. The van der Waals surface area contributed by atoms with E-state index in [-0.39, 0.29) is 11.8 Å². The van der Waals surface area contributed by atoms with Crippen LogP contribution in [-0.4, -0.2) is 46.0 Å². The Balaban J connectivity index is 1.74. The molecule has 4 heterocycles. The average molecular weight is 353 g/mol. The van der Waals surface area contributed by atoms with Crippen molar-refractivity contribution in [3.05, 3.63) is 30.0 Å². The van der Waals surface area contributed by atoms with Crippen LogP contribution in [0.25, 0.3) is 16.6 Å². The summed E-state index contributed by atoms with van der Waals surface area (Å²) in [5, 5.41) is 11.2. The fraction of sp³-hybridized carbons (Fsp3) is 0.474. The van der Waals surface area contributed by atoms with Gasteiger partial charge in [0.1, 0.15) is 11.4 Å². The van der Waals surface area contributed by atoms with Crippen molar-refractivity contribution in [3.8, 4) is 5.75 Å². The first-order valence-electron chi connectivity index (χ1n) is 9.39. The summed E-state index contributed by atoms with van der Waals surface area (Å²) in [5.41, 5.74) is 2.85. The molecule has 1 saturated heterocycles. The second-order valence-corrected chi connectivity index (χ2v) is 7.33. The number of nitrogens with one attached hydrogen (secondary N) is 1. The summed E-state index contributed by atoms with van der Waals surface area (Å²) in [4.78, 5) is 21.9. The molecule has 2 aliphatic rings. The van der Waals surface area contributed by atoms with Crippen LogP contribution < -0.4 is 4.65 Å². The molecule has 136 valence electrons. The Morgan fingerprint density at radius 3 is 3.19 bits per heavy atom. The molecular weight excluding hydrogens is 329 g/mol. The number of piperidine rings is 1. The van der Waals surface area contributed by atoms with Gasteiger partial charge in [-0.05, 0) is 36.4 Å². The molecule has 2 aromatic heterocycles. The second kappa shape index (κ2) is 6.80. The highest BCUT2D eigenvalue weighted by Gasteiger charge is 2.36. The largest absolute Gasteiger partial charge is 0.552 e. The van der Waals surface area contributed by atoms with Gasteiger partial charge >= 0.3 is 7.12 Å². The minimum atomic E-state index is -0.982. The molecule has 2 aliphatic heterocycles. The van der Waals surface area contributed by atoms with Crippen LogP contribution >= 0.6 is 0 Å². The molecule has 2 N–H and O–H groups in total. The van der Waals surface area contributed by atoms with Gasteiger partial charge in [0.05, 0.1) is 6.20 Å². The topological polar surface area (TPSA) is 78.5 Å². The van der Waals surface area contributed by atoms with Crippen LogP contribution in [0, 0.1) is 11.8 Å². The molecule has 2 aromatic rings. The van der Waals surface area contributed by atoms with Gasteiger partial charge in [-0.25, -0.2) is 4.98 Å². The predicted molar refractivity (Wildman–Crippen MR) is 101 cm³/mol. The molecule has 4 rings (SSSR count). The Morgan fingerprint density at radius 1 is 1.54 bits per heavy atom. The maximum Gasteiger partial charge on any atom is 0.552 e. The van der Waals surface area contributed by atoms with Crippen molar-refractivity contribution < 1.29 is 14.5 Å². The van der Waals surface area contributed by atoms with Crippen molar-refractivity contribution >= 4 is 29.6 Å². The molecule has 1 unspecified atom stereocenters. The molecular formula is C19H24BN3O3. The number of nitrogens with zero attached hydrogens (tertiary/aromatic N) is 2. The zero-order valence-corrected chi connectivity index (χ0v) is 15.2. The number of aromatic nitrogens is 2. The third-order valence-electron chi connectivity index (χ3n) is 5.58. The average Bonchev–Trinajstić information content (AvgIpc) is 3.10. The van der Waals surface area contributed by atoms with E-state index in [1.54, 1.807) is 12.2 Å². The Hall–Kier alpha value is -2.28. The van der Waals surface area contributed by atoms with Gasteiger partial charge in [-0.1, -0.05) is 13.8 Å². The van der Waals surface area contributed by atoms with Crippen molar-refractivity contribution in [3.63, 3.8) is 0 Å². The van der Waals surface area contributed by atoms with E-state index in [0.717, 1.165) is 41.6 Å². The number of hydrogen-bond donors (Lipinski definition) is 2. The SMILES string of the molecule is CCCC(=O)N1CC[C@H](C)C(C2=CB(O)Oc3cnc4[nH]ccc4c32)C1. The van der Waals surface area contributed by atoms with Gasteiger partial charge in [-0.3, -0.25) is 4.79 Å². The van der Waals surface area contributed by atoms with Crippen LogP contribution in [0.5, 0.6) is 5.75 Å². The van der Waals surface area contributed by atoms with E-state index in [9.17, 15) is 9.82 Å². The third-order valence-corrected chi connectivity index (χ3v) is 5.58. The lowest BCUT2D eigenvalue weighted by Gasteiger charge is -2.40. The fourth-order valence-corrected chi connectivity index (χ4v) is 4.16. The van der Waals surface area contributed by atoms with Crippen LogP contribution in [0.2, 0.25) is 0 Å². The van der Waals surface area contributed by atoms with Crippen molar-refractivity contribution in [2.75, 3.05) is 13.1 Å². The molecule has 1 fully saturated rings. The van der Waals surface area contributed by atoms with Gasteiger partial charge < -0.3 is 19.6 Å². The molecule has 0 spiro atoms. The van der Waals surface area contributed by atoms with E-state index in [2.05, 4.69) is 16.9 Å². The summed E-state index contributed by atoms with van der Waals surface area (Å²) >= 11 is 0. The molecule has 0 aromatic carbocycles. The Morgan fingerprint density at radius 2 is 2.38 bits per heavy atom. The normalized spacial score (nSPS) is 22.8. The number of hydrogen-bond acceptors (Lipinski definition) is 4. The zero-order chi connectivity index (χ0) is 18.3. The number of fused-ring (bicyclic) bond motifs is 3. The smallest absolute Gasteiger partial charge is 0.531 e. The molecule has 6 nitrogen and oxygen atoms in total. The minimum absolute atomic E-state index is 0.169. The van der Waals surface area contributed by atoms with Crippen LogP contribution in [0.15, 0.2) is 24.4 Å². The number of amides is 1. The second-order valence-electron chi connectivity index (χ2n) is 7.33. The van der Waals surface area contributed by atoms with Crippen molar-refractivity contribution in [2.24, 2.45) is 11.8 Å². The molecule has 26 heavy (non-hydrogen) atoms.